The molecule has 32 heavy (non-hydrogen) atoms. The van der Waals surface area contributed by atoms with Gasteiger partial charge in [0.05, 0.1) is 23.0 Å². The van der Waals surface area contributed by atoms with Gasteiger partial charge in [0.2, 0.25) is 0 Å². The van der Waals surface area contributed by atoms with E-state index in [4.69, 9.17) is 5.26 Å². The molecule has 0 saturated carbocycles. The highest BCUT2D eigenvalue weighted by Gasteiger charge is 2.23. The quantitative estimate of drug-likeness (QED) is 0.475. The van der Waals surface area contributed by atoms with E-state index in [1.54, 1.807) is 0 Å². The van der Waals surface area contributed by atoms with E-state index in [1.165, 1.54) is 24.0 Å². The number of hydrogen-bond donors (Lipinski definition) is 1. The Labute approximate surface area is 187 Å². The maximum absolute atomic E-state index is 9.09. The Bertz CT molecular complexity index is 1320. The van der Waals surface area contributed by atoms with Crippen LogP contribution >= 0.6 is 0 Å². The number of piperidine rings is 1. The van der Waals surface area contributed by atoms with Gasteiger partial charge in [-0.25, -0.2) is 0 Å². The minimum Gasteiger partial charge on any atom is -0.340 e. The topological polar surface area (TPSA) is 71.5 Å². The summed E-state index contributed by atoms with van der Waals surface area (Å²) in [6.45, 7) is 3.05. The molecule has 1 saturated heterocycles. The van der Waals surface area contributed by atoms with Gasteiger partial charge in [-0.15, -0.1) is 10.2 Å². The lowest BCUT2D eigenvalue weighted by Crippen LogP contribution is -2.28. The molecule has 0 spiro atoms. The van der Waals surface area contributed by atoms with Gasteiger partial charge in [0.1, 0.15) is 6.33 Å². The van der Waals surface area contributed by atoms with Crippen LogP contribution in [0.3, 0.4) is 0 Å². The molecule has 2 aromatic heterocycles. The van der Waals surface area contributed by atoms with Crippen molar-refractivity contribution < 1.29 is 0 Å². The van der Waals surface area contributed by atoms with Gasteiger partial charge in [0.15, 0.2) is 5.82 Å². The summed E-state index contributed by atoms with van der Waals surface area (Å²) in [5, 5.41) is 21.2. The van der Waals surface area contributed by atoms with Gasteiger partial charge in [0, 0.05) is 18.3 Å². The summed E-state index contributed by atoms with van der Waals surface area (Å²) < 4.78 is 4.37. The summed E-state index contributed by atoms with van der Waals surface area (Å²) in [5.41, 5.74) is 7.79. The van der Waals surface area contributed by atoms with Crippen LogP contribution in [0.1, 0.15) is 29.5 Å². The molecule has 1 N–H and O–H groups in total. The van der Waals surface area contributed by atoms with Crippen molar-refractivity contribution in [2.75, 3.05) is 13.1 Å². The fourth-order valence-electron chi connectivity index (χ4n) is 5.04. The first-order valence-corrected chi connectivity index (χ1v) is 11.2. The third-order valence-electron chi connectivity index (χ3n) is 6.75. The predicted octanol–water partition coefficient (Wildman–Crippen LogP) is 4.18. The molecule has 6 rings (SSSR count). The molecular weight excluding hydrogens is 396 g/mol. The number of nitrogens with zero attached hydrogens (tertiary/aromatic N) is 5. The lowest BCUT2D eigenvalue weighted by atomic mass is 9.90. The van der Waals surface area contributed by atoms with Crippen LogP contribution in [0.2, 0.25) is 0 Å². The van der Waals surface area contributed by atoms with Crippen molar-refractivity contribution in [1.29, 1.82) is 5.26 Å². The third-order valence-corrected chi connectivity index (χ3v) is 6.75. The molecule has 2 aliphatic rings. The van der Waals surface area contributed by atoms with Crippen molar-refractivity contribution in [2.24, 2.45) is 5.92 Å². The molecule has 0 bridgehead atoms. The van der Waals surface area contributed by atoms with Crippen LogP contribution in [-0.4, -0.2) is 32.4 Å². The first-order chi connectivity index (χ1) is 15.8. The first-order valence-electron chi connectivity index (χ1n) is 11.2. The minimum atomic E-state index is 0.671. The standard InChI is InChI=1S/C26H24N6/c27-14-19-1-4-21(5-2-19)22-13-25-26-30-29-17-32(26)24-6-3-20(11-18-7-9-28-10-8-18)12-23(24)16-31(25)15-22/h1-6,12-13,15,17-18,28H,7-11,16H2. The smallest absolute Gasteiger partial charge is 0.185 e. The van der Waals surface area contributed by atoms with Gasteiger partial charge in [-0.2, -0.15) is 5.26 Å². The molecule has 0 atom stereocenters. The summed E-state index contributed by atoms with van der Waals surface area (Å²) in [6.07, 6.45) is 7.64. The molecule has 2 aliphatic heterocycles. The highest BCUT2D eigenvalue weighted by molar-refractivity contribution is 5.71. The van der Waals surface area contributed by atoms with Crippen LogP contribution in [0.15, 0.2) is 61.1 Å². The number of hydrogen-bond acceptors (Lipinski definition) is 4. The van der Waals surface area contributed by atoms with Crippen LogP contribution in [0, 0.1) is 17.2 Å². The summed E-state index contributed by atoms with van der Waals surface area (Å²) in [6, 6.07) is 19.0. The van der Waals surface area contributed by atoms with Crippen LogP contribution in [0.4, 0.5) is 0 Å². The van der Waals surface area contributed by atoms with Gasteiger partial charge in [-0.3, -0.25) is 4.57 Å². The van der Waals surface area contributed by atoms with Crippen LogP contribution in [-0.2, 0) is 13.0 Å². The number of fused-ring (bicyclic) bond motifs is 5. The number of aromatic nitrogens is 4. The molecule has 2 aromatic carbocycles. The van der Waals surface area contributed by atoms with E-state index in [0.29, 0.717) is 5.56 Å². The predicted molar refractivity (Wildman–Crippen MR) is 123 cm³/mol. The van der Waals surface area contributed by atoms with Crippen LogP contribution < -0.4 is 5.32 Å². The second-order valence-electron chi connectivity index (χ2n) is 8.82. The Balaban J connectivity index is 1.39. The molecule has 1 fully saturated rings. The van der Waals surface area contributed by atoms with Crippen molar-refractivity contribution in [2.45, 2.75) is 25.8 Å². The summed E-state index contributed by atoms with van der Waals surface area (Å²) in [7, 11) is 0. The Morgan fingerprint density at radius 1 is 1.03 bits per heavy atom. The van der Waals surface area contributed by atoms with Crippen molar-refractivity contribution in [1.82, 2.24) is 24.6 Å². The van der Waals surface area contributed by atoms with Gasteiger partial charge >= 0.3 is 0 Å². The lowest BCUT2D eigenvalue weighted by Gasteiger charge is -2.23. The van der Waals surface area contributed by atoms with Crippen LogP contribution in [0.5, 0.6) is 0 Å². The zero-order chi connectivity index (χ0) is 21.5. The lowest BCUT2D eigenvalue weighted by molar-refractivity contribution is 0.372. The molecule has 0 aliphatic carbocycles. The fourth-order valence-corrected chi connectivity index (χ4v) is 5.04. The molecule has 6 nitrogen and oxygen atoms in total. The minimum absolute atomic E-state index is 0.671. The van der Waals surface area contributed by atoms with Crippen molar-refractivity contribution in [3.8, 4) is 34.4 Å². The number of nitrogens with one attached hydrogen (secondary N) is 1. The van der Waals surface area contributed by atoms with Gasteiger partial charge in [-0.05, 0) is 79.2 Å². The Morgan fingerprint density at radius 3 is 2.69 bits per heavy atom. The SMILES string of the molecule is N#Cc1ccc(-c2cc3n(c2)Cc2cc(CC4CCNCC4)ccc2-n2cnnc2-3)cc1. The highest BCUT2D eigenvalue weighted by atomic mass is 15.3. The maximum Gasteiger partial charge on any atom is 0.185 e. The molecule has 0 radical (unpaired) electrons. The zero-order valence-electron chi connectivity index (χ0n) is 17.8. The first kappa shape index (κ1) is 19.0. The summed E-state index contributed by atoms with van der Waals surface area (Å²) >= 11 is 0. The van der Waals surface area contributed by atoms with E-state index in [1.807, 2.05) is 30.6 Å². The Morgan fingerprint density at radius 2 is 1.88 bits per heavy atom. The molecule has 158 valence electrons. The summed E-state index contributed by atoms with van der Waals surface area (Å²) in [4.78, 5) is 0. The fraction of sp³-hybridized carbons (Fsp3) is 0.269. The molecule has 0 amide bonds. The van der Waals surface area contributed by atoms with Gasteiger partial charge in [0.25, 0.3) is 0 Å². The zero-order valence-corrected chi connectivity index (χ0v) is 17.8. The van der Waals surface area contributed by atoms with E-state index >= 15 is 0 Å². The van der Waals surface area contributed by atoms with E-state index in [-0.39, 0.29) is 0 Å². The third kappa shape index (κ3) is 3.31. The van der Waals surface area contributed by atoms with E-state index in [9.17, 15) is 0 Å². The Hall–Kier alpha value is -3.69. The second kappa shape index (κ2) is 7.77. The van der Waals surface area contributed by atoms with Crippen LogP contribution in [0.25, 0.3) is 28.3 Å². The normalized spacial score (nSPS) is 15.3. The molecule has 4 aromatic rings. The number of benzene rings is 2. The van der Waals surface area contributed by atoms with E-state index in [2.05, 4.69) is 61.2 Å². The van der Waals surface area contributed by atoms with E-state index in [0.717, 1.165) is 60.3 Å². The number of rotatable bonds is 3. The number of nitriles is 1. The van der Waals surface area contributed by atoms with Crippen molar-refractivity contribution >= 4 is 0 Å². The van der Waals surface area contributed by atoms with Gasteiger partial charge in [-0.1, -0.05) is 24.3 Å². The van der Waals surface area contributed by atoms with Crippen molar-refractivity contribution in [3.05, 3.63) is 77.7 Å². The van der Waals surface area contributed by atoms with E-state index < -0.39 is 0 Å². The summed E-state index contributed by atoms with van der Waals surface area (Å²) in [5.74, 6) is 1.62. The second-order valence-corrected chi connectivity index (χ2v) is 8.82. The van der Waals surface area contributed by atoms with Crippen molar-refractivity contribution in [3.63, 3.8) is 0 Å². The average Bonchev–Trinajstić information content (AvgIpc) is 3.45. The molecular formula is C26H24N6. The maximum atomic E-state index is 9.09. The molecule has 0 unspecified atom stereocenters. The highest BCUT2D eigenvalue weighted by Crippen LogP contribution is 2.34. The molecule has 4 heterocycles. The Kier molecular flexibility index (Phi) is 4.62. The monoisotopic (exact) mass is 420 g/mol. The van der Waals surface area contributed by atoms with Gasteiger partial charge < -0.3 is 9.88 Å². The largest absolute Gasteiger partial charge is 0.340 e. The molecule has 6 heteroatoms. The average molecular weight is 421 g/mol.